The van der Waals surface area contributed by atoms with Crippen LogP contribution in [0.4, 0.5) is 18.9 Å². The number of hydrogen-bond donors (Lipinski definition) is 1. The van der Waals surface area contributed by atoms with Crippen LogP contribution < -0.4 is 5.32 Å². The van der Waals surface area contributed by atoms with Gasteiger partial charge in [0.15, 0.2) is 0 Å². The van der Waals surface area contributed by atoms with Crippen molar-refractivity contribution < 1.29 is 27.5 Å². The Hall–Kier alpha value is -2.54. The summed E-state index contributed by atoms with van der Waals surface area (Å²) in [5, 5.41) is 2.78. The highest BCUT2D eigenvalue weighted by Gasteiger charge is 2.45. The summed E-state index contributed by atoms with van der Waals surface area (Å²) in [6.45, 7) is 10.1. The Morgan fingerprint density at radius 3 is 2.09 bits per heavy atom. The molecule has 192 valence electrons. The Balaban J connectivity index is 2.31. The molecule has 0 heterocycles. The number of aryl methyl sites for hydroxylation is 1. The van der Waals surface area contributed by atoms with Crippen molar-refractivity contribution in [2.45, 2.75) is 78.0 Å². The van der Waals surface area contributed by atoms with Gasteiger partial charge in [-0.2, -0.15) is 13.2 Å². The highest BCUT2D eigenvalue weighted by molar-refractivity contribution is 6.33. The zero-order valence-electron chi connectivity index (χ0n) is 20.9. The summed E-state index contributed by atoms with van der Waals surface area (Å²) >= 11 is 6.27. The molecule has 4 nitrogen and oxygen atoms in total. The van der Waals surface area contributed by atoms with Gasteiger partial charge in [0.05, 0.1) is 29.0 Å². The number of amides is 1. The Kier molecular flexibility index (Phi) is 9.40. The number of halogens is 4. The van der Waals surface area contributed by atoms with E-state index in [9.17, 15) is 22.8 Å². The molecular formula is C27H33ClF3NO3. The molecule has 2 aromatic rings. The van der Waals surface area contributed by atoms with Gasteiger partial charge in [0, 0.05) is 0 Å². The molecule has 0 aliphatic rings. The van der Waals surface area contributed by atoms with Crippen molar-refractivity contribution >= 4 is 29.2 Å². The van der Waals surface area contributed by atoms with Gasteiger partial charge in [-0.1, -0.05) is 62.7 Å². The van der Waals surface area contributed by atoms with Crippen LogP contribution >= 0.6 is 11.6 Å². The third kappa shape index (κ3) is 8.27. The number of ether oxygens (including phenoxy) is 1. The lowest BCUT2D eigenvalue weighted by Gasteiger charge is -2.26. The van der Waals surface area contributed by atoms with Crippen molar-refractivity contribution in [2.24, 2.45) is 5.92 Å². The fraction of sp³-hybridized carbons (Fsp3) is 0.481. The van der Waals surface area contributed by atoms with E-state index in [1.165, 1.54) is 0 Å². The molecule has 0 saturated carbocycles. The summed E-state index contributed by atoms with van der Waals surface area (Å²) < 4.78 is 46.4. The maximum absolute atomic E-state index is 13.7. The number of esters is 1. The summed E-state index contributed by atoms with van der Waals surface area (Å²) in [4.78, 5) is 25.4. The van der Waals surface area contributed by atoms with Crippen LogP contribution in [0.15, 0.2) is 42.5 Å². The Labute approximate surface area is 210 Å². The smallest absolute Gasteiger partial charge is 0.392 e. The van der Waals surface area contributed by atoms with Gasteiger partial charge in [0.2, 0.25) is 5.91 Å². The van der Waals surface area contributed by atoms with Gasteiger partial charge in [-0.3, -0.25) is 9.59 Å². The van der Waals surface area contributed by atoms with Crippen LogP contribution in [-0.4, -0.2) is 23.7 Å². The van der Waals surface area contributed by atoms with E-state index < -0.39 is 29.5 Å². The van der Waals surface area contributed by atoms with E-state index in [0.29, 0.717) is 5.56 Å². The molecule has 0 radical (unpaired) electrons. The second-order valence-corrected chi connectivity index (χ2v) is 10.2. The fourth-order valence-corrected chi connectivity index (χ4v) is 3.89. The van der Waals surface area contributed by atoms with Crippen molar-refractivity contribution in [2.75, 3.05) is 5.32 Å². The first-order valence-electron chi connectivity index (χ1n) is 11.6. The zero-order chi connectivity index (χ0) is 26.6. The van der Waals surface area contributed by atoms with E-state index in [1.54, 1.807) is 63.2 Å². The predicted molar refractivity (Wildman–Crippen MR) is 133 cm³/mol. The number of alkyl halides is 3. The lowest BCUT2D eigenvalue weighted by atomic mass is 9.85. The van der Waals surface area contributed by atoms with Crippen molar-refractivity contribution in [3.63, 3.8) is 0 Å². The Morgan fingerprint density at radius 2 is 1.57 bits per heavy atom. The lowest BCUT2D eigenvalue weighted by molar-refractivity contribution is -0.178. The largest absolute Gasteiger partial charge is 0.460 e. The molecule has 2 aromatic carbocycles. The molecule has 0 aromatic heterocycles. The quantitative estimate of drug-likeness (QED) is 0.370. The molecule has 1 amide bonds. The molecule has 2 rings (SSSR count). The maximum Gasteiger partial charge on any atom is 0.392 e. The monoisotopic (exact) mass is 511 g/mol. The van der Waals surface area contributed by atoms with Crippen molar-refractivity contribution in [3.8, 4) is 0 Å². The van der Waals surface area contributed by atoms with Crippen LogP contribution in [0, 0.1) is 5.92 Å². The molecule has 0 spiro atoms. The van der Waals surface area contributed by atoms with E-state index in [1.807, 2.05) is 13.8 Å². The maximum atomic E-state index is 13.7. The third-order valence-corrected chi connectivity index (χ3v) is 6.09. The second kappa shape index (κ2) is 11.5. The molecular weight excluding hydrogens is 479 g/mol. The zero-order valence-corrected chi connectivity index (χ0v) is 21.7. The van der Waals surface area contributed by atoms with Crippen molar-refractivity contribution in [1.29, 1.82) is 0 Å². The molecule has 35 heavy (non-hydrogen) atoms. The van der Waals surface area contributed by atoms with Gasteiger partial charge in [-0.05, 0) is 61.9 Å². The van der Waals surface area contributed by atoms with Crippen LogP contribution in [0.3, 0.4) is 0 Å². The van der Waals surface area contributed by atoms with Crippen molar-refractivity contribution in [1.82, 2.24) is 0 Å². The molecule has 8 heteroatoms. The van der Waals surface area contributed by atoms with Crippen LogP contribution in [-0.2, 0) is 20.7 Å². The molecule has 1 unspecified atom stereocenters. The highest BCUT2D eigenvalue weighted by Crippen LogP contribution is 2.39. The van der Waals surface area contributed by atoms with Crippen LogP contribution in [0.2, 0.25) is 5.02 Å². The van der Waals surface area contributed by atoms with Crippen LogP contribution in [0.5, 0.6) is 0 Å². The minimum absolute atomic E-state index is 0.101. The molecule has 0 aliphatic carbocycles. The summed E-state index contributed by atoms with van der Waals surface area (Å²) in [6, 6.07) is 11.4. The first kappa shape index (κ1) is 28.7. The molecule has 3 atom stereocenters. The third-order valence-electron chi connectivity index (χ3n) is 5.76. The first-order chi connectivity index (χ1) is 16.1. The predicted octanol–water partition coefficient (Wildman–Crippen LogP) is 7.66. The molecule has 1 N–H and O–H groups in total. The fourth-order valence-electron chi connectivity index (χ4n) is 3.72. The number of hydrogen-bond acceptors (Lipinski definition) is 3. The number of anilines is 1. The van der Waals surface area contributed by atoms with E-state index in [-0.39, 0.29) is 34.6 Å². The number of carbonyl (C=O) groups is 2. The number of rotatable bonds is 8. The lowest BCUT2D eigenvalue weighted by Crippen LogP contribution is -2.34. The Bertz CT molecular complexity index is 1030. The standard InChI is InChI=1S/C27H33ClF3NO3/c1-7-18-8-10-19(11-9-18)24(17(3)27(29,30)31)25(34)32-22-15-20(12-13-21(22)28)16(2)14-23(33)35-26(4,5)6/h8-13,15-17,24H,7,14H2,1-6H3,(H,32,34)/t16?,17-,24+/m1/s1. The topological polar surface area (TPSA) is 55.4 Å². The summed E-state index contributed by atoms with van der Waals surface area (Å²) in [7, 11) is 0. The van der Waals surface area contributed by atoms with E-state index in [0.717, 1.165) is 18.9 Å². The summed E-state index contributed by atoms with van der Waals surface area (Å²) in [6.07, 6.45) is -3.74. The average molecular weight is 512 g/mol. The second-order valence-electron chi connectivity index (χ2n) is 9.82. The van der Waals surface area contributed by atoms with E-state index >= 15 is 0 Å². The molecule has 0 bridgehead atoms. The van der Waals surface area contributed by atoms with Gasteiger partial charge >= 0.3 is 12.1 Å². The number of nitrogens with one attached hydrogen (secondary N) is 1. The first-order valence-corrected chi connectivity index (χ1v) is 12.0. The van der Waals surface area contributed by atoms with Gasteiger partial charge in [-0.15, -0.1) is 0 Å². The summed E-state index contributed by atoms with van der Waals surface area (Å²) in [5.41, 5.74) is 1.51. The van der Waals surface area contributed by atoms with Gasteiger partial charge in [0.25, 0.3) is 0 Å². The van der Waals surface area contributed by atoms with E-state index in [4.69, 9.17) is 16.3 Å². The average Bonchev–Trinajstić information content (AvgIpc) is 2.73. The van der Waals surface area contributed by atoms with Gasteiger partial charge < -0.3 is 10.1 Å². The number of benzene rings is 2. The van der Waals surface area contributed by atoms with Crippen LogP contribution in [0.1, 0.15) is 76.5 Å². The molecule has 0 aliphatic heterocycles. The van der Waals surface area contributed by atoms with Gasteiger partial charge in [0.1, 0.15) is 5.60 Å². The van der Waals surface area contributed by atoms with Crippen molar-refractivity contribution in [3.05, 3.63) is 64.2 Å². The minimum atomic E-state index is -4.57. The SMILES string of the molecule is CCc1ccc([C@@H](C(=O)Nc2cc(C(C)CC(=O)OC(C)(C)C)ccc2Cl)[C@@H](C)C(F)(F)F)cc1. The Morgan fingerprint density at radius 1 is 1.00 bits per heavy atom. The molecule has 0 fully saturated rings. The van der Waals surface area contributed by atoms with E-state index in [2.05, 4.69) is 5.32 Å². The normalized spacial score (nSPS) is 14.7. The summed E-state index contributed by atoms with van der Waals surface area (Å²) in [5.74, 6) is -4.81. The number of carbonyl (C=O) groups excluding carboxylic acids is 2. The highest BCUT2D eigenvalue weighted by atomic mass is 35.5. The van der Waals surface area contributed by atoms with Crippen LogP contribution in [0.25, 0.3) is 0 Å². The minimum Gasteiger partial charge on any atom is -0.460 e. The van der Waals surface area contributed by atoms with Gasteiger partial charge in [-0.25, -0.2) is 0 Å². The molecule has 0 saturated heterocycles.